The van der Waals surface area contributed by atoms with E-state index in [4.69, 9.17) is 10.8 Å². The van der Waals surface area contributed by atoms with E-state index >= 15 is 0 Å². The Balaban J connectivity index is 2.21. The fourth-order valence-corrected chi connectivity index (χ4v) is 1.52. The van der Waals surface area contributed by atoms with Crippen molar-refractivity contribution < 1.29 is 19.1 Å². The second kappa shape index (κ2) is 7.48. The summed E-state index contributed by atoms with van der Waals surface area (Å²) in [5.41, 5.74) is 5.73. The maximum Gasteiger partial charge on any atom is 0.320 e. The molecular weight excluding hydrogens is 251 g/mol. The molecule has 0 unspecified atom stereocenters. The molecule has 19 heavy (non-hydrogen) atoms. The third-order valence-electron chi connectivity index (χ3n) is 2.65. The molecule has 0 saturated carbocycles. The number of hydrogen-bond acceptors (Lipinski definition) is 3. The lowest BCUT2D eigenvalue weighted by atomic mass is 10.1. The van der Waals surface area contributed by atoms with Crippen molar-refractivity contribution in [2.75, 3.05) is 6.54 Å². The number of benzene rings is 1. The molecule has 0 bridgehead atoms. The van der Waals surface area contributed by atoms with Crippen molar-refractivity contribution in [3.63, 3.8) is 0 Å². The first-order valence-corrected chi connectivity index (χ1v) is 6.03. The molecule has 1 atom stereocenters. The molecule has 1 aromatic carbocycles. The van der Waals surface area contributed by atoms with Crippen LogP contribution in [0.1, 0.15) is 29.6 Å². The summed E-state index contributed by atoms with van der Waals surface area (Å²) in [5.74, 6) is -1.68. The monoisotopic (exact) mass is 268 g/mol. The van der Waals surface area contributed by atoms with Gasteiger partial charge in [-0.1, -0.05) is 0 Å². The first-order chi connectivity index (χ1) is 9.00. The summed E-state index contributed by atoms with van der Waals surface area (Å²) >= 11 is 0. The van der Waals surface area contributed by atoms with E-state index < -0.39 is 12.0 Å². The first kappa shape index (κ1) is 15.1. The lowest BCUT2D eigenvalue weighted by molar-refractivity contribution is -0.138. The van der Waals surface area contributed by atoms with Gasteiger partial charge < -0.3 is 16.2 Å². The molecule has 104 valence electrons. The fourth-order valence-electron chi connectivity index (χ4n) is 1.52. The van der Waals surface area contributed by atoms with Crippen molar-refractivity contribution in [1.29, 1.82) is 0 Å². The highest BCUT2D eigenvalue weighted by Gasteiger charge is 2.10. The van der Waals surface area contributed by atoms with Crippen LogP contribution in [0, 0.1) is 5.82 Å². The molecule has 0 spiro atoms. The van der Waals surface area contributed by atoms with Gasteiger partial charge in [0.2, 0.25) is 0 Å². The molecule has 1 aromatic rings. The number of nitrogens with one attached hydrogen (secondary N) is 1. The Bertz CT molecular complexity index is 434. The SMILES string of the molecule is N[C@@H](CCCCNC(=O)c1ccc(F)cc1)C(=O)O. The van der Waals surface area contributed by atoms with Crippen molar-refractivity contribution in [3.8, 4) is 0 Å². The molecule has 6 heteroatoms. The quantitative estimate of drug-likeness (QED) is 0.646. The van der Waals surface area contributed by atoms with Crippen LogP contribution in [-0.4, -0.2) is 29.6 Å². The van der Waals surface area contributed by atoms with E-state index in [9.17, 15) is 14.0 Å². The number of amides is 1. The predicted molar refractivity (Wildman–Crippen MR) is 68.2 cm³/mol. The van der Waals surface area contributed by atoms with Crippen molar-refractivity contribution in [1.82, 2.24) is 5.32 Å². The van der Waals surface area contributed by atoms with Crippen LogP contribution >= 0.6 is 0 Å². The fraction of sp³-hybridized carbons (Fsp3) is 0.385. The molecule has 0 aromatic heterocycles. The van der Waals surface area contributed by atoms with E-state index in [-0.39, 0.29) is 11.7 Å². The van der Waals surface area contributed by atoms with Gasteiger partial charge in [-0.05, 0) is 43.5 Å². The summed E-state index contributed by atoms with van der Waals surface area (Å²) in [7, 11) is 0. The van der Waals surface area contributed by atoms with Crippen molar-refractivity contribution >= 4 is 11.9 Å². The van der Waals surface area contributed by atoms with Gasteiger partial charge in [0.05, 0.1) is 0 Å². The number of nitrogens with two attached hydrogens (primary N) is 1. The smallest absolute Gasteiger partial charge is 0.320 e. The highest BCUT2D eigenvalue weighted by molar-refractivity contribution is 5.94. The largest absolute Gasteiger partial charge is 0.480 e. The molecule has 1 rings (SSSR count). The number of unbranched alkanes of at least 4 members (excludes halogenated alkanes) is 1. The molecular formula is C13H17FN2O3. The average molecular weight is 268 g/mol. The second-order valence-corrected chi connectivity index (χ2v) is 4.20. The number of carboxylic acids is 1. The normalized spacial score (nSPS) is 11.9. The van der Waals surface area contributed by atoms with Crippen LogP contribution in [-0.2, 0) is 4.79 Å². The Labute approximate surface area is 110 Å². The minimum Gasteiger partial charge on any atom is -0.480 e. The van der Waals surface area contributed by atoms with Gasteiger partial charge in [0.1, 0.15) is 11.9 Å². The standard InChI is InChI=1S/C13H17FN2O3/c14-10-6-4-9(5-7-10)12(17)16-8-2-1-3-11(15)13(18)19/h4-7,11H,1-3,8,15H2,(H,16,17)(H,18,19)/t11-/m0/s1. The summed E-state index contributed by atoms with van der Waals surface area (Å²) in [5, 5.41) is 11.2. The van der Waals surface area contributed by atoms with E-state index in [1.54, 1.807) is 0 Å². The van der Waals surface area contributed by atoms with Crippen LogP contribution in [0.25, 0.3) is 0 Å². The molecule has 0 fully saturated rings. The Kier molecular flexibility index (Phi) is 5.95. The highest BCUT2D eigenvalue weighted by Crippen LogP contribution is 2.03. The Hall–Kier alpha value is -1.95. The molecule has 0 aliphatic carbocycles. The summed E-state index contributed by atoms with van der Waals surface area (Å²) in [6.07, 6.45) is 1.65. The number of halogens is 1. The topological polar surface area (TPSA) is 92.4 Å². The number of carbonyl (C=O) groups excluding carboxylic acids is 1. The van der Waals surface area contributed by atoms with Gasteiger partial charge in [-0.25, -0.2) is 4.39 Å². The predicted octanol–water partition coefficient (Wildman–Crippen LogP) is 1.14. The van der Waals surface area contributed by atoms with Gasteiger partial charge in [-0.15, -0.1) is 0 Å². The summed E-state index contributed by atoms with van der Waals surface area (Å²) in [6, 6.07) is 4.41. The molecule has 0 heterocycles. The van der Waals surface area contributed by atoms with Crippen LogP contribution in [0.2, 0.25) is 0 Å². The van der Waals surface area contributed by atoms with E-state index in [1.807, 2.05) is 0 Å². The maximum absolute atomic E-state index is 12.7. The van der Waals surface area contributed by atoms with E-state index in [0.29, 0.717) is 31.4 Å². The number of rotatable bonds is 7. The van der Waals surface area contributed by atoms with Crippen molar-refractivity contribution in [2.24, 2.45) is 5.73 Å². The van der Waals surface area contributed by atoms with Crippen LogP contribution in [0.15, 0.2) is 24.3 Å². The van der Waals surface area contributed by atoms with Gasteiger partial charge >= 0.3 is 5.97 Å². The van der Waals surface area contributed by atoms with E-state index in [0.717, 1.165) is 0 Å². The second-order valence-electron chi connectivity index (χ2n) is 4.20. The van der Waals surface area contributed by atoms with Crippen LogP contribution < -0.4 is 11.1 Å². The number of carbonyl (C=O) groups is 2. The molecule has 0 aliphatic rings. The molecule has 5 nitrogen and oxygen atoms in total. The van der Waals surface area contributed by atoms with E-state index in [2.05, 4.69) is 5.32 Å². The van der Waals surface area contributed by atoms with Crippen LogP contribution in [0.4, 0.5) is 4.39 Å². The number of carboxylic acid groups (broad SMARTS) is 1. The molecule has 1 amide bonds. The Morgan fingerprint density at radius 2 is 1.89 bits per heavy atom. The third kappa shape index (κ3) is 5.48. The summed E-state index contributed by atoms with van der Waals surface area (Å²) < 4.78 is 12.7. The van der Waals surface area contributed by atoms with Crippen molar-refractivity contribution in [3.05, 3.63) is 35.6 Å². The lowest BCUT2D eigenvalue weighted by Crippen LogP contribution is -2.30. The summed E-state index contributed by atoms with van der Waals surface area (Å²) in [4.78, 5) is 22.1. The zero-order valence-electron chi connectivity index (χ0n) is 10.4. The first-order valence-electron chi connectivity index (χ1n) is 6.03. The molecule has 4 N–H and O–H groups in total. The minimum absolute atomic E-state index is 0.275. The van der Waals surface area contributed by atoms with E-state index in [1.165, 1.54) is 24.3 Å². The lowest BCUT2D eigenvalue weighted by Gasteiger charge is -2.07. The number of aliphatic carboxylic acids is 1. The van der Waals surface area contributed by atoms with Gasteiger partial charge in [0.25, 0.3) is 5.91 Å². The summed E-state index contributed by atoms with van der Waals surface area (Å²) in [6.45, 7) is 0.433. The molecule has 0 radical (unpaired) electrons. The maximum atomic E-state index is 12.7. The number of hydrogen-bond donors (Lipinski definition) is 3. The van der Waals surface area contributed by atoms with Crippen LogP contribution in [0.3, 0.4) is 0 Å². The van der Waals surface area contributed by atoms with Crippen LogP contribution in [0.5, 0.6) is 0 Å². The third-order valence-corrected chi connectivity index (χ3v) is 2.65. The zero-order chi connectivity index (χ0) is 14.3. The van der Waals surface area contributed by atoms with Gasteiger partial charge in [0.15, 0.2) is 0 Å². The Morgan fingerprint density at radius 3 is 2.47 bits per heavy atom. The highest BCUT2D eigenvalue weighted by atomic mass is 19.1. The molecule has 0 saturated heterocycles. The van der Waals surface area contributed by atoms with Gasteiger partial charge in [-0.2, -0.15) is 0 Å². The average Bonchev–Trinajstić information content (AvgIpc) is 2.38. The Morgan fingerprint density at radius 1 is 1.26 bits per heavy atom. The zero-order valence-corrected chi connectivity index (χ0v) is 10.4. The van der Waals surface area contributed by atoms with Gasteiger partial charge in [0, 0.05) is 12.1 Å². The van der Waals surface area contributed by atoms with Crippen molar-refractivity contribution in [2.45, 2.75) is 25.3 Å². The minimum atomic E-state index is -1.02. The molecule has 0 aliphatic heterocycles. The van der Waals surface area contributed by atoms with Gasteiger partial charge in [-0.3, -0.25) is 9.59 Å².